The Morgan fingerprint density at radius 2 is 0.803 bits per heavy atom. The lowest BCUT2D eigenvalue weighted by atomic mass is 9.92. The second-order valence-corrected chi connectivity index (χ2v) is 19.6. The first-order chi connectivity index (χ1) is 32.1. The summed E-state index contributed by atoms with van der Waals surface area (Å²) in [4.78, 5) is 64.2. The van der Waals surface area contributed by atoms with Gasteiger partial charge < -0.3 is 29.7 Å². The Hall–Kier alpha value is -2.95. The van der Waals surface area contributed by atoms with E-state index in [1.807, 2.05) is 19.0 Å². The summed E-state index contributed by atoms with van der Waals surface area (Å²) in [7, 11) is 3.89. The monoisotopic (exact) mass is 932 g/mol. The number of carbonyl (C=O) groups is 3. The van der Waals surface area contributed by atoms with Crippen LogP contribution in [-0.4, -0.2) is 75.9 Å². The molecule has 1 rings (SSSR count). The first kappa shape index (κ1) is 61.1. The minimum Gasteiger partial charge on any atom is -0.466 e. The fraction of sp³-hybridized carbons (Fsp3) is 0.873. The SMILES string of the molecule is CCCCCC(CCCCC)CCOC(=O)CCCCCCCC(CCCCCCCC(=O)OCCC(CCCCC)CCCCC)OC(=O)CCCNc1c(NCCN(C)C)c(=O)c1=O. The van der Waals surface area contributed by atoms with Crippen molar-refractivity contribution in [2.24, 2.45) is 11.8 Å². The Morgan fingerprint density at radius 1 is 0.439 bits per heavy atom. The van der Waals surface area contributed by atoms with Gasteiger partial charge >= 0.3 is 17.9 Å². The smallest absolute Gasteiger partial charge is 0.306 e. The second-order valence-electron chi connectivity index (χ2n) is 19.6. The molecule has 0 saturated heterocycles. The zero-order valence-electron chi connectivity index (χ0n) is 43.5. The lowest BCUT2D eigenvalue weighted by Crippen LogP contribution is -2.38. The third-order valence-corrected chi connectivity index (χ3v) is 13.2. The lowest BCUT2D eigenvalue weighted by molar-refractivity contribution is -0.150. The molecule has 0 bridgehead atoms. The van der Waals surface area contributed by atoms with Crippen LogP contribution >= 0.6 is 0 Å². The van der Waals surface area contributed by atoms with Crippen LogP contribution in [-0.2, 0) is 28.6 Å². The molecule has 0 fully saturated rings. The first-order valence-corrected chi connectivity index (χ1v) is 27.5. The summed E-state index contributed by atoms with van der Waals surface area (Å²) in [5.74, 6) is 0.934. The van der Waals surface area contributed by atoms with Crippen molar-refractivity contribution in [2.45, 2.75) is 252 Å². The van der Waals surface area contributed by atoms with Crippen LogP contribution in [0.5, 0.6) is 0 Å². The van der Waals surface area contributed by atoms with Crippen LogP contribution in [0.25, 0.3) is 0 Å². The molecule has 0 unspecified atom stereocenters. The molecule has 384 valence electrons. The normalized spacial score (nSPS) is 11.7. The zero-order chi connectivity index (χ0) is 48.5. The average Bonchev–Trinajstić information content (AvgIpc) is 3.29. The summed E-state index contributed by atoms with van der Waals surface area (Å²) in [5.41, 5.74) is -0.390. The van der Waals surface area contributed by atoms with Crippen LogP contribution in [0.15, 0.2) is 9.59 Å². The Kier molecular flexibility index (Phi) is 39.0. The van der Waals surface area contributed by atoms with Gasteiger partial charge in [-0.05, 0) is 83.7 Å². The van der Waals surface area contributed by atoms with Crippen LogP contribution in [0, 0.1) is 11.8 Å². The largest absolute Gasteiger partial charge is 0.466 e. The third-order valence-electron chi connectivity index (χ3n) is 13.2. The van der Waals surface area contributed by atoms with E-state index in [9.17, 15) is 24.0 Å². The van der Waals surface area contributed by atoms with Crippen molar-refractivity contribution in [3.63, 3.8) is 0 Å². The zero-order valence-corrected chi connectivity index (χ0v) is 43.5. The van der Waals surface area contributed by atoms with Crippen molar-refractivity contribution < 1.29 is 28.6 Å². The van der Waals surface area contributed by atoms with Gasteiger partial charge in [-0.2, -0.15) is 0 Å². The molecular weight excluding hydrogens is 831 g/mol. The van der Waals surface area contributed by atoms with Gasteiger partial charge in [0.25, 0.3) is 10.9 Å². The highest BCUT2D eigenvalue weighted by atomic mass is 16.5. The molecule has 0 saturated carbocycles. The molecule has 0 aliphatic carbocycles. The molecule has 11 nitrogen and oxygen atoms in total. The average molecular weight is 932 g/mol. The minimum absolute atomic E-state index is 0.0747. The fourth-order valence-corrected chi connectivity index (χ4v) is 8.85. The Morgan fingerprint density at radius 3 is 1.21 bits per heavy atom. The van der Waals surface area contributed by atoms with Crippen molar-refractivity contribution in [1.82, 2.24) is 4.90 Å². The molecule has 0 radical (unpaired) electrons. The lowest BCUT2D eigenvalue weighted by Gasteiger charge is -2.19. The van der Waals surface area contributed by atoms with Gasteiger partial charge in [0, 0.05) is 38.9 Å². The van der Waals surface area contributed by atoms with Gasteiger partial charge in [-0.1, -0.05) is 169 Å². The molecule has 0 amide bonds. The van der Waals surface area contributed by atoms with Crippen LogP contribution < -0.4 is 21.5 Å². The number of carbonyl (C=O) groups excluding carboxylic acids is 3. The van der Waals surface area contributed by atoms with Gasteiger partial charge in [0.1, 0.15) is 17.5 Å². The minimum atomic E-state index is -0.519. The molecular formula is C55H101N3O8. The van der Waals surface area contributed by atoms with Crippen LogP contribution in [0.4, 0.5) is 11.4 Å². The van der Waals surface area contributed by atoms with E-state index >= 15 is 0 Å². The van der Waals surface area contributed by atoms with Gasteiger partial charge in [0.15, 0.2) is 0 Å². The van der Waals surface area contributed by atoms with Crippen molar-refractivity contribution >= 4 is 29.3 Å². The Bertz CT molecular complexity index is 1330. The number of hydrogen-bond donors (Lipinski definition) is 2. The third kappa shape index (κ3) is 32.7. The van der Waals surface area contributed by atoms with Gasteiger partial charge in [0.2, 0.25) is 0 Å². The highest BCUT2D eigenvalue weighted by Gasteiger charge is 2.21. The quantitative estimate of drug-likeness (QED) is 0.0279. The molecule has 11 heteroatoms. The van der Waals surface area contributed by atoms with Crippen molar-refractivity contribution in [1.29, 1.82) is 0 Å². The topological polar surface area (TPSA) is 140 Å². The summed E-state index contributed by atoms with van der Waals surface area (Å²) in [6.45, 7) is 11.7. The van der Waals surface area contributed by atoms with E-state index in [1.165, 1.54) is 103 Å². The predicted molar refractivity (Wildman–Crippen MR) is 275 cm³/mol. The number of hydrogen-bond acceptors (Lipinski definition) is 11. The number of rotatable bonds is 48. The summed E-state index contributed by atoms with van der Waals surface area (Å²) in [5, 5.41) is 6.11. The number of likely N-dealkylation sites (N-methyl/N-ethyl adjacent to an activating group) is 1. The maximum absolute atomic E-state index is 13.0. The highest BCUT2D eigenvalue weighted by Crippen LogP contribution is 2.23. The van der Waals surface area contributed by atoms with E-state index in [2.05, 4.69) is 38.3 Å². The van der Waals surface area contributed by atoms with Crippen LogP contribution in [0.3, 0.4) is 0 Å². The molecule has 0 spiro atoms. The number of nitrogens with zero attached hydrogens (tertiary/aromatic N) is 1. The predicted octanol–water partition coefficient (Wildman–Crippen LogP) is 13.2. The molecule has 0 aliphatic rings. The van der Waals surface area contributed by atoms with E-state index in [0.717, 1.165) is 96.4 Å². The highest BCUT2D eigenvalue weighted by molar-refractivity contribution is 5.74. The molecule has 66 heavy (non-hydrogen) atoms. The molecule has 0 heterocycles. The van der Waals surface area contributed by atoms with E-state index in [0.29, 0.717) is 68.8 Å². The summed E-state index contributed by atoms with van der Waals surface area (Å²) in [6.07, 6.45) is 34.8. The maximum atomic E-state index is 13.0. The molecule has 0 atom stereocenters. The van der Waals surface area contributed by atoms with Crippen molar-refractivity contribution in [3.8, 4) is 0 Å². The van der Waals surface area contributed by atoms with Crippen molar-refractivity contribution in [2.75, 3.05) is 57.6 Å². The second kappa shape index (κ2) is 42.2. The van der Waals surface area contributed by atoms with E-state index < -0.39 is 10.9 Å². The molecule has 1 aromatic rings. The summed E-state index contributed by atoms with van der Waals surface area (Å²) in [6, 6.07) is 0. The molecule has 2 N–H and O–H groups in total. The van der Waals surface area contributed by atoms with Crippen LogP contribution in [0.1, 0.15) is 246 Å². The number of anilines is 2. The first-order valence-electron chi connectivity index (χ1n) is 27.5. The maximum Gasteiger partial charge on any atom is 0.306 e. The Balaban J connectivity index is 2.49. The number of nitrogens with one attached hydrogen (secondary N) is 2. The standard InChI is InChI=1S/C55H101N3O8/c1-7-11-21-30-46(31-22-12-8-2)39-44-64-49(59)36-27-19-15-17-25-34-48(66-51(61)38-29-41-56-52-53(55(63)54(52)62)57-42-43-58(5)6)35-26-18-16-20-28-37-50(60)65-45-40-47(32-23-13-9-3)33-24-14-10-4/h46-48,56-57H,7-45H2,1-6H3. The molecule has 1 aromatic carbocycles. The van der Waals surface area contributed by atoms with Gasteiger partial charge in [-0.25, -0.2) is 0 Å². The molecule has 0 aliphatic heterocycles. The van der Waals surface area contributed by atoms with E-state index in [-0.39, 0.29) is 30.4 Å². The van der Waals surface area contributed by atoms with Gasteiger partial charge in [-0.15, -0.1) is 0 Å². The fourth-order valence-electron chi connectivity index (χ4n) is 8.85. The number of unbranched alkanes of at least 4 members (excludes halogenated alkanes) is 16. The van der Waals surface area contributed by atoms with Crippen LogP contribution in [0.2, 0.25) is 0 Å². The van der Waals surface area contributed by atoms with E-state index in [4.69, 9.17) is 14.2 Å². The summed E-state index contributed by atoms with van der Waals surface area (Å²) < 4.78 is 17.3. The van der Waals surface area contributed by atoms with E-state index in [1.54, 1.807) is 0 Å². The van der Waals surface area contributed by atoms with Gasteiger partial charge in [-0.3, -0.25) is 24.0 Å². The Labute approximate surface area is 403 Å². The van der Waals surface area contributed by atoms with Gasteiger partial charge in [0.05, 0.1) is 13.2 Å². The summed E-state index contributed by atoms with van der Waals surface area (Å²) >= 11 is 0. The number of ether oxygens (including phenoxy) is 3. The number of esters is 3. The van der Waals surface area contributed by atoms with Crippen molar-refractivity contribution in [3.05, 3.63) is 20.4 Å². The molecule has 0 aromatic heterocycles.